The van der Waals surface area contributed by atoms with Crippen LogP contribution in [0.25, 0.3) is 0 Å². The lowest BCUT2D eigenvalue weighted by Crippen LogP contribution is -2.32. The SMILES string of the molecule is CNc1cc(C)ncc1C(=O)NCC1CCC1. The maximum atomic E-state index is 12.0. The van der Waals surface area contributed by atoms with Gasteiger partial charge in [-0.15, -0.1) is 0 Å². The molecule has 1 saturated carbocycles. The van der Waals surface area contributed by atoms with Crippen molar-refractivity contribution < 1.29 is 4.79 Å². The van der Waals surface area contributed by atoms with Crippen molar-refractivity contribution in [3.05, 3.63) is 23.5 Å². The zero-order valence-corrected chi connectivity index (χ0v) is 10.4. The number of carbonyl (C=O) groups excluding carboxylic acids is 1. The van der Waals surface area contributed by atoms with E-state index in [1.165, 1.54) is 19.3 Å². The number of nitrogens with zero attached hydrogens (tertiary/aromatic N) is 1. The van der Waals surface area contributed by atoms with Gasteiger partial charge < -0.3 is 10.6 Å². The van der Waals surface area contributed by atoms with E-state index >= 15 is 0 Å². The molecule has 1 heterocycles. The van der Waals surface area contributed by atoms with Gasteiger partial charge in [-0.1, -0.05) is 6.42 Å². The van der Waals surface area contributed by atoms with Crippen molar-refractivity contribution in [3.63, 3.8) is 0 Å². The maximum Gasteiger partial charge on any atom is 0.254 e. The number of aromatic nitrogens is 1. The van der Waals surface area contributed by atoms with Crippen LogP contribution in [-0.2, 0) is 0 Å². The molecule has 1 aromatic rings. The second-order valence-electron chi connectivity index (χ2n) is 4.63. The topological polar surface area (TPSA) is 54.0 Å². The molecular formula is C13H19N3O. The van der Waals surface area contributed by atoms with Gasteiger partial charge in [0.25, 0.3) is 5.91 Å². The largest absolute Gasteiger partial charge is 0.387 e. The van der Waals surface area contributed by atoms with Gasteiger partial charge in [0.1, 0.15) is 0 Å². The highest BCUT2D eigenvalue weighted by molar-refractivity contribution is 5.99. The molecule has 0 saturated heterocycles. The molecule has 0 radical (unpaired) electrons. The Labute approximate surface area is 102 Å². The molecule has 0 spiro atoms. The molecule has 0 bridgehead atoms. The van der Waals surface area contributed by atoms with Crippen molar-refractivity contribution in [3.8, 4) is 0 Å². The van der Waals surface area contributed by atoms with Crippen molar-refractivity contribution >= 4 is 11.6 Å². The van der Waals surface area contributed by atoms with Crippen molar-refractivity contribution in [2.24, 2.45) is 5.92 Å². The molecular weight excluding hydrogens is 214 g/mol. The summed E-state index contributed by atoms with van der Waals surface area (Å²) in [4.78, 5) is 16.2. The minimum absolute atomic E-state index is 0.0336. The molecule has 4 heteroatoms. The first-order chi connectivity index (χ1) is 8.20. The minimum Gasteiger partial charge on any atom is -0.387 e. The molecule has 0 atom stereocenters. The summed E-state index contributed by atoms with van der Waals surface area (Å²) in [6.07, 6.45) is 5.42. The smallest absolute Gasteiger partial charge is 0.254 e. The fourth-order valence-electron chi connectivity index (χ4n) is 1.98. The van der Waals surface area contributed by atoms with Crippen LogP contribution < -0.4 is 10.6 Å². The molecule has 1 amide bonds. The Hall–Kier alpha value is -1.58. The molecule has 0 unspecified atom stereocenters. The lowest BCUT2D eigenvalue weighted by Gasteiger charge is -2.25. The second-order valence-corrected chi connectivity index (χ2v) is 4.63. The lowest BCUT2D eigenvalue weighted by atomic mass is 9.85. The van der Waals surface area contributed by atoms with E-state index in [4.69, 9.17) is 0 Å². The van der Waals surface area contributed by atoms with Crippen molar-refractivity contribution in [2.45, 2.75) is 26.2 Å². The zero-order valence-electron chi connectivity index (χ0n) is 10.4. The molecule has 2 rings (SSSR count). The van der Waals surface area contributed by atoms with Crippen LogP contribution in [-0.4, -0.2) is 24.5 Å². The van der Waals surface area contributed by atoms with E-state index in [0.717, 1.165) is 17.9 Å². The number of pyridine rings is 1. The fourth-order valence-corrected chi connectivity index (χ4v) is 1.98. The summed E-state index contributed by atoms with van der Waals surface area (Å²) in [6.45, 7) is 2.70. The highest BCUT2D eigenvalue weighted by Gasteiger charge is 2.19. The van der Waals surface area contributed by atoms with Crippen LogP contribution in [0.5, 0.6) is 0 Å². The van der Waals surface area contributed by atoms with Crippen molar-refractivity contribution in [1.29, 1.82) is 0 Å². The molecule has 92 valence electrons. The van der Waals surface area contributed by atoms with Gasteiger partial charge in [-0.05, 0) is 31.7 Å². The second kappa shape index (κ2) is 5.17. The number of nitrogens with one attached hydrogen (secondary N) is 2. The molecule has 0 aliphatic heterocycles. The molecule has 1 aliphatic carbocycles. The molecule has 0 aromatic carbocycles. The fraction of sp³-hybridized carbons (Fsp3) is 0.538. The summed E-state index contributed by atoms with van der Waals surface area (Å²) in [5.74, 6) is 0.643. The molecule has 2 N–H and O–H groups in total. The first-order valence-corrected chi connectivity index (χ1v) is 6.13. The van der Waals surface area contributed by atoms with Gasteiger partial charge in [-0.3, -0.25) is 9.78 Å². The minimum atomic E-state index is -0.0336. The standard InChI is InChI=1S/C13H19N3O/c1-9-6-12(14-2)11(8-15-9)13(17)16-7-10-4-3-5-10/h6,8,10H,3-5,7H2,1-2H3,(H,14,15)(H,16,17). The highest BCUT2D eigenvalue weighted by Crippen LogP contribution is 2.25. The van der Waals surface area contributed by atoms with Crippen LogP contribution in [0.15, 0.2) is 12.3 Å². The number of rotatable bonds is 4. The summed E-state index contributed by atoms with van der Waals surface area (Å²) in [7, 11) is 1.82. The summed E-state index contributed by atoms with van der Waals surface area (Å²) in [5, 5.41) is 6.01. The number of amides is 1. The quantitative estimate of drug-likeness (QED) is 0.836. The van der Waals surface area contributed by atoms with Crippen LogP contribution in [0, 0.1) is 12.8 Å². The normalized spacial score (nSPS) is 15.2. The van der Waals surface area contributed by atoms with Crippen LogP contribution in [0.1, 0.15) is 35.3 Å². The Bertz CT molecular complexity index is 413. The number of anilines is 1. The Morgan fingerprint density at radius 3 is 2.88 bits per heavy atom. The van der Waals surface area contributed by atoms with E-state index in [-0.39, 0.29) is 5.91 Å². The number of aryl methyl sites for hydroxylation is 1. The number of carbonyl (C=O) groups is 1. The van der Waals surface area contributed by atoms with Crippen LogP contribution >= 0.6 is 0 Å². The van der Waals surface area contributed by atoms with Crippen LogP contribution in [0.4, 0.5) is 5.69 Å². The number of hydrogen-bond donors (Lipinski definition) is 2. The molecule has 4 nitrogen and oxygen atoms in total. The highest BCUT2D eigenvalue weighted by atomic mass is 16.1. The van der Waals surface area contributed by atoms with Crippen LogP contribution in [0.3, 0.4) is 0 Å². The van der Waals surface area contributed by atoms with Gasteiger partial charge in [0.2, 0.25) is 0 Å². The Balaban J connectivity index is 2.01. The van der Waals surface area contributed by atoms with E-state index in [1.807, 2.05) is 20.0 Å². The Kier molecular flexibility index (Phi) is 3.61. The predicted octanol–water partition coefficient (Wildman–Crippen LogP) is 1.96. The Morgan fingerprint density at radius 1 is 1.53 bits per heavy atom. The zero-order chi connectivity index (χ0) is 12.3. The third kappa shape index (κ3) is 2.75. The van der Waals surface area contributed by atoms with Gasteiger partial charge in [0, 0.05) is 25.5 Å². The van der Waals surface area contributed by atoms with Gasteiger partial charge in [0.05, 0.1) is 11.3 Å². The van der Waals surface area contributed by atoms with Crippen molar-refractivity contribution in [2.75, 3.05) is 18.9 Å². The van der Waals surface area contributed by atoms with Gasteiger partial charge in [0.15, 0.2) is 0 Å². The van der Waals surface area contributed by atoms with Gasteiger partial charge in [-0.25, -0.2) is 0 Å². The van der Waals surface area contributed by atoms with E-state index in [0.29, 0.717) is 11.5 Å². The molecule has 1 fully saturated rings. The number of hydrogen-bond acceptors (Lipinski definition) is 3. The van der Waals surface area contributed by atoms with Crippen LogP contribution in [0.2, 0.25) is 0 Å². The molecule has 17 heavy (non-hydrogen) atoms. The summed E-state index contributed by atoms with van der Waals surface area (Å²) >= 11 is 0. The maximum absolute atomic E-state index is 12.0. The van der Waals surface area contributed by atoms with Crippen molar-refractivity contribution in [1.82, 2.24) is 10.3 Å². The lowest BCUT2D eigenvalue weighted by molar-refractivity contribution is 0.0939. The van der Waals surface area contributed by atoms with Gasteiger partial charge in [-0.2, -0.15) is 0 Å². The summed E-state index contributed by atoms with van der Waals surface area (Å²) in [6, 6.07) is 1.89. The summed E-state index contributed by atoms with van der Waals surface area (Å²) in [5.41, 5.74) is 2.37. The third-order valence-corrected chi connectivity index (χ3v) is 3.33. The molecule has 1 aromatic heterocycles. The van der Waals surface area contributed by atoms with E-state index < -0.39 is 0 Å². The summed E-state index contributed by atoms with van der Waals surface area (Å²) < 4.78 is 0. The van der Waals surface area contributed by atoms with E-state index in [1.54, 1.807) is 6.20 Å². The first-order valence-electron chi connectivity index (χ1n) is 6.13. The third-order valence-electron chi connectivity index (χ3n) is 3.33. The average molecular weight is 233 g/mol. The predicted molar refractivity (Wildman–Crippen MR) is 68.2 cm³/mol. The monoisotopic (exact) mass is 233 g/mol. The Morgan fingerprint density at radius 2 is 2.29 bits per heavy atom. The first kappa shape index (κ1) is 11.9. The molecule has 1 aliphatic rings. The van der Waals surface area contributed by atoms with E-state index in [9.17, 15) is 4.79 Å². The van der Waals surface area contributed by atoms with E-state index in [2.05, 4.69) is 15.6 Å². The van der Waals surface area contributed by atoms with Gasteiger partial charge >= 0.3 is 0 Å². The average Bonchev–Trinajstić information content (AvgIpc) is 2.26.